The number of ether oxygens (including phenoxy) is 1. The van der Waals surface area contributed by atoms with Crippen molar-refractivity contribution in [1.29, 1.82) is 5.26 Å². The van der Waals surface area contributed by atoms with E-state index in [0.29, 0.717) is 30.4 Å². The van der Waals surface area contributed by atoms with Crippen LogP contribution in [0.2, 0.25) is 0 Å². The third-order valence-electron chi connectivity index (χ3n) is 6.42. The number of nitrogens with zero attached hydrogens (tertiary/aromatic N) is 5. The molecule has 0 bridgehead atoms. The van der Waals surface area contributed by atoms with Crippen LogP contribution in [0.3, 0.4) is 0 Å². The minimum absolute atomic E-state index is 0.0529. The van der Waals surface area contributed by atoms with E-state index in [4.69, 9.17) is 4.74 Å². The number of hydrogen-bond donors (Lipinski definition) is 2. The molecule has 2 N–H and O–H groups in total. The zero-order valence-electron chi connectivity index (χ0n) is 20.4. The van der Waals surface area contributed by atoms with Crippen molar-refractivity contribution in [3.05, 3.63) is 60.7 Å². The maximum atomic E-state index is 12.1. The van der Waals surface area contributed by atoms with Crippen molar-refractivity contribution >= 4 is 22.6 Å². The first-order valence-corrected chi connectivity index (χ1v) is 12.2. The van der Waals surface area contributed by atoms with Gasteiger partial charge in [0.05, 0.1) is 23.3 Å². The Hall–Kier alpha value is -4.32. The summed E-state index contributed by atoms with van der Waals surface area (Å²) in [6.07, 6.45) is 6.50. The van der Waals surface area contributed by atoms with Crippen LogP contribution >= 0.6 is 0 Å². The highest BCUT2D eigenvalue weighted by Crippen LogP contribution is 2.43. The fourth-order valence-corrected chi connectivity index (χ4v) is 4.55. The lowest BCUT2D eigenvalue weighted by Crippen LogP contribution is -2.34. The number of amides is 2. The van der Waals surface area contributed by atoms with E-state index in [9.17, 15) is 10.1 Å². The number of fused-ring (bicyclic) bond motifs is 1. The Morgan fingerprint density at radius 2 is 2.03 bits per heavy atom. The predicted octanol–water partition coefficient (Wildman–Crippen LogP) is 5.11. The SMILES string of the molecule is CC(C)NC(=O)Nc1ccc(-c2c(C#N)c3ccc(OCCn4cncn4)cc3n2C2CCC2)cc1. The number of anilines is 1. The van der Waals surface area contributed by atoms with Crippen molar-refractivity contribution in [2.45, 2.75) is 51.7 Å². The number of benzene rings is 2. The topological polar surface area (TPSA) is 110 Å². The molecule has 1 fully saturated rings. The van der Waals surface area contributed by atoms with Crippen molar-refractivity contribution in [2.75, 3.05) is 11.9 Å². The third kappa shape index (κ3) is 4.75. The number of hydrogen-bond acceptors (Lipinski definition) is 5. The van der Waals surface area contributed by atoms with Crippen molar-refractivity contribution in [3.63, 3.8) is 0 Å². The van der Waals surface area contributed by atoms with Gasteiger partial charge in [-0.2, -0.15) is 10.4 Å². The minimum Gasteiger partial charge on any atom is -0.492 e. The van der Waals surface area contributed by atoms with Crippen molar-refractivity contribution < 1.29 is 9.53 Å². The van der Waals surface area contributed by atoms with Crippen LogP contribution in [0.4, 0.5) is 10.5 Å². The maximum absolute atomic E-state index is 12.1. The molecule has 0 spiro atoms. The molecule has 0 aliphatic heterocycles. The lowest BCUT2D eigenvalue weighted by molar-refractivity contribution is 0.250. The second kappa shape index (κ2) is 10.1. The number of urea groups is 1. The normalized spacial score (nSPS) is 13.4. The average molecular weight is 484 g/mol. The van der Waals surface area contributed by atoms with Crippen molar-refractivity contribution in [2.24, 2.45) is 0 Å². The summed E-state index contributed by atoms with van der Waals surface area (Å²) in [6, 6.07) is 16.2. The summed E-state index contributed by atoms with van der Waals surface area (Å²) in [6.45, 7) is 4.90. The molecule has 9 nitrogen and oxygen atoms in total. The van der Waals surface area contributed by atoms with E-state index in [2.05, 4.69) is 31.4 Å². The van der Waals surface area contributed by atoms with Gasteiger partial charge in [0, 0.05) is 29.2 Å². The van der Waals surface area contributed by atoms with E-state index in [1.54, 1.807) is 11.0 Å². The molecule has 2 amide bonds. The largest absolute Gasteiger partial charge is 0.492 e. The van der Waals surface area contributed by atoms with E-state index < -0.39 is 0 Å². The van der Waals surface area contributed by atoms with Crippen molar-refractivity contribution in [3.8, 4) is 23.1 Å². The number of carbonyl (C=O) groups is 1. The molecule has 9 heteroatoms. The Morgan fingerprint density at radius 3 is 2.67 bits per heavy atom. The number of aromatic nitrogens is 4. The summed E-state index contributed by atoms with van der Waals surface area (Å²) >= 11 is 0. The molecule has 2 heterocycles. The van der Waals surface area contributed by atoms with Crippen LogP contribution in [0, 0.1) is 11.3 Å². The van der Waals surface area contributed by atoms with Gasteiger partial charge in [-0.15, -0.1) is 0 Å². The molecule has 0 radical (unpaired) electrons. The second-order valence-electron chi connectivity index (χ2n) is 9.31. The van der Waals surface area contributed by atoms with Crippen LogP contribution in [0.5, 0.6) is 5.75 Å². The highest BCUT2D eigenvalue weighted by atomic mass is 16.5. The van der Waals surface area contributed by atoms with Crippen LogP contribution in [-0.2, 0) is 6.54 Å². The summed E-state index contributed by atoms with van der Waals surface area (Å²) in [5.74, 6) is 0.757. The van der Waals surface area contributed by atoms with Crippen LogP contribution in [0.25, 0.3) is 22.2 Å². The summed E-state index contributed by atoms with van der Waals surface area (Å²) in [7, 11) is 0. The molecular formula is C27H29N7O2. The fraction of sp³-hybridized carbons (Fsp3) is 0.333. The molecule has 0 saturated heterocycles. The molecule has 4 aromatic rings. The van der Waals surface area contributed by atoms with Gasteiger partial charge < -0.3 is 19.9 Å². The van der Waals surface area contributed by atoms with Gasteiger partial charge in [-0.1, -0.05) is 12.1 Å². The highest BCUT2D eigenvalue weighted by molar-refractivity contribution is 5.96. The highest BCUT2D eigenvalue weighted by Gasteiger charge is 2.28. The van der Waals surface area contributed by atoms with Crippen LogP contribution in [0.15, 0.2) is 55.1 Å². The minimum atomic E-state index is -0.240. The summed E-state index contributed by atoms with van der Waals surface area (Å²) in [4.78, 5) is 16.0. The predicted molar refractivity (Wildman–Crippen MR) is 138 cm³/mol. The first-order valence-electron chi connectivity index (χ1n) is 12.2. The molecular weight excluding hydrogens is 454 g/mol. The van der Waals surface area contributed by atoms with Crippen molar-refractivity contribution in [1.82, 2.24) is 24.6 Å². The number of nitrogens with one attached hydrogen (secondary N) is 2. The molecule has 1 saturated carbocycles. The monoisotopic (exact) mass is 483 g/mol. The van der Waals surface area contributed by atoms with Gasteiger partial charge >= 0.3 is 6.03 Å². The van der Waals surface area contributed by atoms with Gasteiger partial charge in [-0.05, 0) is 62.9 Å². The molecule has 184 valence electrons. The third-order valence-corrected chi connectivity index (χ3v) is 6.42. The Labute approximate surface area is 209 Å². The van der Waals surface area contributed by atoms with Gasteiger partial charge in [0.25, 0.3) is 0 Å². The molecule has 36 heavy (non-hydrogen) atoms. The Bertz CT molecular complexity index is 1390. The van der Waals surface area contributed by atoms with E-state index in [0.717, 1.165) is 40.8 Å². The summed E-state index contributed by atoms with van der Waals surface area (Å²) < 4.78 is 10.0. The van der Waals surface area contributed by atoms with Gasteiger partial charge in [0.15, 0.2) is 0 Å². The average Bonchev–Trinajstić information content (AvgIpc) is 3.44. The first-order chi connectivity index (χ1) is 17.5. The zero-order valence-corrected chi connectivity index (χ0v) is 20.4. The van der Waals surface area contributed by atoms with Crippen LogP contribution < -0.4 is 15.4 Å². The van der Waals surface area contributed by atoms with E-state index in [1.807, 2.05) is 56.3 Å². The quantitative estimate of drug-likeness (QED) is 0.362. The molecule has 0 atom stereocenters. The Kier molecular flexibility index (Phi) is 6.58. The summed E-state index contributed by atoms with van der Waals surface area (Å²) in [5, 5.41) is 20.9. The number of nitriles is 1. The van der Waals surface area contributed by atoms with Crippen LogP contribution in [0.1, 0.15) is 44.7 Å². The van der Waals surface area contributed by atoms with Crippen LogP contribution in [-0.4, -0.2) is 38.0 Å². The molecule has 2 aromatic carbocycles. The van der Waals surface area contributed by atoms with Gasteiger partial charge in [-0.3, -0.25) is 0 Å². The fourth-order valence-electron chi connectivity index (χ4n) is 4.55. The lowest BCUT2D eigenvalue weighted by atomic mass is 9.92. The summed E-state index contributed by atoms with van der Waals surface area (Å²) in [5.41, 5.74) is 4.21. The van der Waals surface area contributed by atoms with E-state index >= 15 is 0 Å². The lowest BCUT2D eigenvalue weighted by Gasteiger charge is -2.30. The number of rotatable bonds is 8. The zero-order chi connectivity index (χ0) is 25.1. The molecule has 0 unspecified atom stereocenters. The Morgan fingerprint density at radius 1 is 1.22 bits per heavy atom. The molecule has 2 aromatic heterocycles. The van der Waals surface area contributed by atoms with Gasteiger partial charge in [0.1, 0.15) is 31.1 Å². The standard InChI is InChI=1S/C27H29N7O2/c1-18(2)31-27(35)32-20-8-6-19(7-9-20)26-24(15-28)23-11-10-22(36-13-12-33-17-29-16-30-33)14-25(23)34(26)21-4-3-5-21/h6-11,14,16-18,21H,3-5,12-13H2,1-2H3,(H2,31,32,35). The Balaban J connectivity index is 1.47. The first kappa shape index (κ1) is 23.4. The van der Waals surface area contributed by atoms with Gasteiger partial charge in [-0.25, -0.2) is 14.5 Å². The molecule has 1 aliphatic carbocycles. The smallest absolute Gasteiger partial charge is 0.319 e. The van der Waals surface area contributed by atoms with Gasteiger partial charge in [0.2, 0.25) is 0 Å². The van der Waals surface area contributed by atoms with E-state index in [-0.39, 0.29) is 12.1 Å². The second-order valence-corrected chi connectivity index (χ2v) is 9.31. The molecule has 1 aliphatic rings. The maximum Gasteiger partial charge on any atom is 0.319 e. The number of carbonyl (C=O) groups excluding carboxylic acids is 1. The van der Waals surface area contributed by atoms with E-state index in [1.165, 1.54) is 12.7 Å². The molecule has 5 rings (SSSR count).